The van der Waals surface area contributed by atoms with Crippen LogP contribution in [0, 0.1) is 0 Å². The van der Waals surface area contributed by atoms with Crippen LogP contribution < -0.4 is 5.14 Å². The quantitative estimate of drug-likeness (QED) is 0.592. The Morgan fingerprint density at radius 1 is 1.36 bits per heavy atom. The third kappa shape index (κ3) is 1.17. The zero-order valence-corrected chi connectivity index (χ0v) is 6.88. The van der Waals surface area contributed by atoms with E-state index in [9.17, 15) is 8.42 Å². The van der Waals surface area contributed by atoms with Crippen molar-refractivity contribution in [3.05, 3.63) is 0 Å². The molecule has 0 radical (unpaired) electrons. The molecule has 0 aromatic carbocycles. The summed E-state index contributed by atoms with van der Waals surface area (Å²) in [7, 11) is -3.36. The van der Waals surface area contributed by atoms with Gasteiger partial charge in [-0.3, -0.25) is 0 Å². The first-order valence-corrected chi connectivity index (χ1v) is 5.35. The van der Waals surface area contributed by atoms with Gasteiger partial charge in [-0.15, -0.1) is 0 Å². The molecular formula is C6H11NO3S. The van der Waals surface area contributed by atoms with E-state index in [-0.39, 0.29) is 12.2 Å². The van der Waals surface area contributed by atoms with Crippen molar-refractivity contribution in [2.75, 3.05) is 0 Å². The summed E-state index contributed by atoms with van der Waals surface area (Å²) in [6.07, 6.45) is 2.49. The summed E-state index contributed by atoms with van der Waals surface area (Å²) in [5, 5.41) is 4.59. The van der Waals surface area contributed by atoms with E-state index in [0.717, 1.165) is 12.8 Å². The minimum Gasteiger partial charge on any atom is -0.374 e. The van der Waals surface area contributed by atoms with Crippen molar-refractivity contribution in [1.29, 1.82) is 0 Å². The van der Waals surface area contributed by atoms with E-state index in [2.05, 4.69) is 0 Å². The predicted molar refractivity (Wildman–Crippen MR) is 39.4 cm³/mol. The fraction of sp³-hybridized carbons (Fsp3) is 1.00. The standard InChI is InChI=1S/C6H11NO3S/c7-11(8,9)6-3-4-1-2-5(6)10-4/h4-6H,1-3H2,(H2,7,8,9)/t4-,5+,6-/m1/s1. The van der Waals surface area contributed by atoms with E-state index in [1.165, 1.54) is 0 Å². The van der Waals surface area contributed by atoms with Gasteiger partial charge in [0, 0.05) is 0 Å². The van der Waals surface area contributed by atoms with Gasteiger partial charge in [-0.2, -0.15) is 0 Å². The Hall–Kier alpha value is -0.130. The Morgan fingerprint density at radius 2 is 2.09 bits per heavy atom. The van der Waals surface area contributed by atoms with Crippen LogP contribution in [0.3, 0.4) is 0 Å². The molecule has 5 heteroatoms. The van der Waals surface area contributed by atoms with Crippen LogP contribution in [-0.4, -0.2) is 25.9 Å². The predicted octanol–water partition coefficient (Wildman–Crippen LogP) is -0.405. The normalized spacial score (nSPS) is 43.2. The molecule has 2 aliphatic heterocycles. The van der Waals surface area contributed by atoms with Gasteiger partial charge in [-0.05, 0) is 19.3 Å². The van der Waals surface area contributed by atoms with Crippen molar-refractivity contribution in [2.24, 2.45) is 5.14 Å². The highest BCUT2D eigenvalue weighted by Gasteiger charge is 2.46. The van der Waals surface area contributed by atoms with Crippen molar-refractivity contribution in [3.63, 3.8) is 0 Å². The molecule has 0 aromatic rings. The highest BCUT2D eigenvalue weighted by Crippen LogP contribution is 2.36. The highest BCUT2D eigenvalue weighted by molar-refractivity contribution is 7.89. The number of hydrogen-bond acceptors (Lipinski definition) is 3. The summed E-state index contributed by atoms with van der Waals surface area (Å²) in [5.41, 5.74) is 0. The van der Waals surface area contributed by atoms with Crippen LogP contribution in [0.15, 0.2) is 0 Å². The largest absolute Gasteiger partial charge is 0.374 e. The lowest BCUT2D eigenvalue weighted by molar-refractivity contribution is 0.105. The Bertz CT molecular complexity index is 261. The molecule has 0 spiro atoms. The maximum atomic E-state index is 10.9. The fourth-order valence-corrected chi connectivity index (χ4v) is 3.04. The number of nitrogens with two attached hydrogens (primary N) is 1. The Labute approximate surface area is 65.8 Å². The van der Waals surface area contributed by atoms with Crippen LogP contribution in [0.1, 0.15) is 19.3 Å². The second-order valence-corrected chi connectivity index (χ2v) is 5.02. The van der Waals surface area contributed by atoms with Crippen LogP contribution in [0.5, 0.6) is 0 Å². The molecule has 3 atom stereocenters. The van der Waals surface area contributed by atoms with Crippen molar-refractivity contribution in [3.8, 4) is 0 Å². The molecule has 2 aliphatic rings. The first-order valence-electron chi connectivity index (χ1n) is 3.74. The number of hydrogen-bond donors (Lipinski definition) is 1. The summed E-state index contributed by atoms with van der Waals surface area (Å²) in [6, 6.07) is 0. The molecule has 2 rings (SSSR count). The number of rotatable bonds is 1. The average Bonchev–Trinajstić information content (AvgIpc) is 2.42. The van der Waals surface area contributed by atoms with E-state index >= 15 is 0 Å². The molecule has 11 heavy (non-hydrogen) atoms. The first-order chi connectivity index (χ1) is 5.07. The summed E-state index contributed by atoms with van der Waals surface area (Å²) < 4.78 is 27.2. The maximum absolute atomic E-state index is 10.9. The lowest BCUT2D eigenvalue weighted by atomic mass is 10.0. The topological polar surface area (TPSA) is 69.4 Å². The molecule has 2 heterocycles. The number of ether oxygens (including phenoxy) is 1. The molecule has 0 aromatic heterocycles. The monoisotopic (exact) mass is 177 g/mol. The molecular weight excluding hydrogens is 166 g/mol. The van der Waals surface area contributed by atoms with Gasteiger partial charge in [-0.1, -0.05) is 0 Å². The van der Waals surface area contributed by atoms with Gasteiger partial charge in [0.15, 0.2) is 0 Å². The van der Waals surface area contributed by atoms with Crippen molar-refractivity contribution < 1.29 is 13.2 Å². The minimum atomic E-state index is -3.36. The number of fused-ring (bicyclic) bond motifs is 2. The third-order valence-corrected chi connectivity index (χ3v) is 3.81. The minimum absolute atomic E-state index is 0.116. The third-order valence-electron chi connectivity index (χ3n) is 2.47. The van der Waals surface area contributed by atoms with Crippen molar-refractivity contribution in [2.45, 2.75) is 36.7 Å². The van der Waals surface area contributed by atoms with E-state index in [0.29, 0.717) is 6.42 Å². The van der Waals surface area contributed by atoms with Crippen molar-refractivity contribution in [1.82, 2.24) is 0 Å². The molecule has 2 saturated heterocycles. The van der Waals surface area contributed by atoms with Gasteiger partial charge in [-0.25, -0.2) is 13.6 Å². The fourth-order valence-electron chi connectivity index (χ4n) is 1.94. The SMILES string of the molecule is NS(=O)(=O)[C@@H]1C[C@H]2CC[C@@H]1O2. The van der Waals surface area contributed by atoms with Crippen LogP contribution >= 0.6 is 0 Å². The van der Waals surface area contributed by atoms with E-state index < -0.39 is 15.3 Å². The Morgan fingerprint density at radius 3 is 2.36 bits per heavy atom. The second-order valence-electron chi connectivity index (χ2n) is 3.24. The van der Waals surface area contributed by atoms with Gasteiger partial charge in [0.1, 0.15) is 5.25 Å². The lowest BCUT2D eigenvalue weighted by Crippen LogP contribution is -2.36. The van der Waals surface area contributed by atoms with E-state index in [4.69, 9.17) is 9.88 Å². The molecule has 0 saturated carbocycles. The molecule has 2 fully saturated rings. The van der Waals surface area contributed by atoms with Crippen LogP contribution in [0.25, 0.3) is 0 Å². The Kier molecular flexibility index (Phi) is 1.49. The van der Waals surface area contributed by atoms with Crippen LogP contribution in [-0.2, 0) is 14.8 Å². The summed E-state index contributed by atoms with van der Waals surface area (Å²) >= 11 is 0. The maximum Gasteiger partial charge on any atom is 0.214 e. The van der Waals surface area contributed by atoms with E-state index in [1.807, 2.05) is 0 Å². The van der Waals surface area contributed by atoms with E-state index in [1.54, 1.807) is 0 Å². The van der Waals surface area contributed by atoms with Gasteiger partial charge in [0.2, 0.25) is 10.0 Å². The number of sulfonamides is 1. The molecule has 64 valence electrons. The molecule has 0 unspecified atom stereocenters. The van der Waals surface area contributed by atoms with Gasteiger partial charge in [0.25, 0.3) is 0 Å². The first kappa shape index (κ1) is 7.52. The van der Waals surface area contributed by atoms with Gasteiger partial charge >= 0.3 is 0 Å². The summed E-state index contributed by atoms with van der Waals surface area (Å²) in [6.45, 7) is 0. The highest BCUT2D eigenvalue weighted by atomic mass is 32.2. The van der Waals surface area contributed by atoms with Crippen LogP contribution in [0.4, 0.5) is 0 Å². The van der Waals surface area contributed by atoms with Gasteiger partial charge in [0.05, 0.1) is 12.2 Å². The molecule has 0 amide bonds. The summed E-state index contributed by atoms with van der Waals surface area (Å²) in [5.74, 6) is 0. The zero-order valence-electron chi connectivity index (χ0n) is 6.06. The van der Waals surface area contributed by atoms with Crippen molar-refractivity contribution >= 4 is 10.0 Å². The molecule has 2 N–H and O–H groups in total. The molecule has 2 bridgehead atoms. The number of primary sulfonamides is 1. The summed E-state index contributed by atoms with van der Waals surface area (Å²) in [4.78, 5) is 0. The van der Waals surface area contributed by atoms with Crippen LogP contribution in [0.2, 0.25) is 0 Å². The second kappa shape index (κ2) is 2.18. The Balaban J connectivity index is 2.21. The lowest BCUT2D eigenvalue weighted by Gasteiger charge is -2.15. The zero-order chi connectivity index (χ0) is 8.06. The average molecular weight is 177 g/mol. The molecule has 0 aliphatic carbocycles. The molecule has 4 nitrogen and oxygen atoms in total. The smallest absolute Gasteiger partial charge is 0.214 e. The van der Waals surface area contributed by atoms with Gasteiger partial charge < -0.3 is 4.74 Å².